The van der Waals surface area contributed by atoms with Gasteiger partial charge in [-0.2, -0.15) is 0 Å². The van der Waals surface area contributed by atoms with E-state index < -0.39 is 0 Å². The fourth-order valence-corrected chi connectivity index (χ4v) is 2.32. The third-order valence-corrected chi connectivity index (χ3v) is 3.31. The minimum absolute atomic E-state index is 0.136. The number of aromatic amines is 1. The average molecular weight is 293 g/mol. The Morgan fingerprint density at radius 1 is 1.29 bits per heavy atom. The van der Waals surface area contributed by atoms with E-state index in [0.717, 1.165) is 21.3 Å². The number of halogens is 1. The highest BCUT2D eigenvalue weighted by Crippen LogP contribution is 2.21. The van der Waals surface area contributed by atoms with Crippen LogP contribution in [0.25, 0.3) is 11.0 Å². The van der Waals surface area contributed by atoms with E-state index >= 15 is 0 Å². The zero-order valence-electron chi connectivity index (χ0n) is 8.81. The van der Waals surface area contributed by atoms with Crippen molar-refractivity contribution in [2.45, 2.75) is 6.54 Å². The van der Waals surface area contributed by atoms with Crippen LogP contribution in [-0.2, 0) is 6.54 Å². The number of hydrogen-bond acceptors (Lipinski definition) is 2. The summed E-state index contributed by atoms with van der Waals surface area (Å²) in [5.41, 5.74) is 1.54. The summed E-state index contributed by atoms with van der Waals surface area (Å²) in [6.07, 6.45) is 1.60. The van der Waals surface area contributed by atoms with Crippen LogP contribution in [0.5, 0.6) is 0 Å². The lowest BCUT2D eigenvalue weighted by Crippen LogP contribution is -2.16. The van der Waals surface area contributed by atoms with Gasteiger partial charge in [0.05, 0.1) is 23.8 Å². The number of nitrogens with one attached hydrogen (secondary N) is 1. The van der Waals surface area contributed by atoms with Crippen LogP contribution >= 0.6 is 15.9 Å². The van der Waals surface area contributed by atoms with Gasteiger partial charge in [-0.1, -0.05) is 6.07 Å². The quantitative estimate of drug-likeness (QED) is 0.790. The Morgan fingerprint density at radius 2 is 2.18 bits per heavy atom. The molecule has 4 nitrogen and oxygen atoms in total. The minimum Gasteiger partial charge on any atom is -0.467 e. The zero-order chi connectivity index (χ0) is 11.8. The van der Waals surface area contributed by atoms with E-state index in [2.05, 4.69) is 20.9 Å². The second-order valence-electron chi connectivity index (χ2n) is 3.73. The molecule has 86 valence electrons. The van der Waals surface area contributed by atoms with Crippen LogP contribution in [-0.4, -0.2) is 9.55 Å². The summed E-state index contributed by atoms with van der Waals surface area (Å²) in [6.45, 7) is 0.433. The van der Waals surface area contributed by atoms with E-state index in [-0.39, 0.29) is 5.69 Å². The molecule has 0 aliphatic rings. The monoisotopic (exact) mass is 292 g/mol. The Balaban J connectivity index is 2.19. The molecule has 3 aromatic rings. The molecule has 0 fully saturated rings. The van der Waals surface area contributed by atoms with Gasteiger partial charge in [0.15, 0.2) is 0 Å². The number of furan rings is 1. The molecule has 2 heterocycles. The Labute approximate surface area is 105 Å². The number of para-hydroxylation sites is 1. The highest BCUT2D eigenvalue weighted by molar-refractivity contribution is 9.10. The van der Waals surface area contributed by atoms with Gasteiger partial charge in [-0.15, -0.1) is 0 Å². The van der Waals surface area contributed by atoms with Crippen LogP contribution in [0.1, 0.15) is 5.76 Å². The van der Waals surface area contributed by atoms with Gasteiger partial charge >= 0.3 is 5.69 Å². The van der Waals surface area contributed by atoms with Crippen molar-refractivity contribution in [3.63, 3.8) is 0 Å². The number of imidazole rings is 1. The SMILES string of the molecule is O=c1[nH]c2c(Br)cccc2n1Cc1ccco1. The smallest absolute Gasteiger partial charge is 0.326 e. The Morgan fingerprint density at radius 3 is 2.94 bits per heavy atom. The molecule has 2 aromatic heterocycles. The van der Waals surface area contributed by atoms with Crippen LogP contribution in [0, 0.1) is 0 Å². The molecule has 0 spiro atoms. The normalized spacial score (nSPS) is 11.1. The van der Waals surface area contributed by atoms with Crippen molar-refractivity contribution < 1.29 is 4.42 Å². The largest absolute Gasteiger partial charge is 0.467 e. The van der Waals surface area contributed by atoms with E-state index in [1.807, 2.05) is 30.3 Å². The predicted octanol–water partition coefficient (Wildman–Crippen LogP) is 2.73. The summed E-state index contributed by atoms with van der Waals surface area (Å²) in [5, 5.41) is 0. The maximum Gasteiger partial charge on any atom is 0.326 e. The number of fused-ring (bicyclic) bond motifs is 1. The van der Waals surface area contributed by atoms with E-state index in [1.54, 1.807) is 10.8 Å². The maximum absolute atomic E-state index is 11.9. The van der Waals surface area contributed by atoms with Crippen molar-refractivity contribution in [3.8, 4) is 0 Å². The number of hydrogen-bond donors (Lipinski definition) is 1. The summed E-state index contributed by atoms with van der Waals surface area (Å²) in [5.74, 6) is 0.757. The number of H-pyrrole nitrogens is 1. The third-order valence-electron chi connectivity index (χ3n) is 2.65. The molecule has 0 bridgehead atoms. The minimum atomic E-state index is -0.136. The highest BCUT2D eigenvalue weighted by Gasteiger charge is 2.09. The van der Waals surface area contributed by atoms with Crippen molar-refractivity contribution >= 4 is 27.0 Å². The van der Waals surface area contributed by atoms with Crippen molar-refractivity contribution in [2.75, 3.05) is 0 Å². The molecule has 0 saturated heterocycles. The van der Waals surface area contributed by atoms with E-state index in [0.29, 0.717) is 6.54 Å². The van der Waals surface area contributed by atoms with Crippen LogP contribution in [0.3, 0.4) is 0 Å². The first-order chi connectivity index (χ1) is 8.25. The molecule has 3 rings (SSSR count). The molecule has 17 heavy (non-hydrogen) atoms. The zero-order valence-corrected chi connectivity index (χ0v) is 10.4. The lowest BCUT2D eigenvalue weighted by molar-refractivity contribution is 0.493. The average Bonchev–Trinajstić information content (AvgIpc) is 2.91. The second kappa shape index (κ2) is 3.92. The first-order valence-electron chi connectivity index (χ1n) is 5.15. The molecule has 0 unspecified atom stereocenters. The van der Waals surface area contributed by atoms with Gasteiger partial charge in [0.25, 0.3) is 0 Å². The van der Waals surface area contributed by atoms with E-state index in [9.17, 15) is 4.79 Å². The molecule has 1 aromatic carbocycles. The van der Waals surface area contributed by atoms with Crippen molar-refractivity contribution in [1.29, 1.82) is 0 Å². The first-order valence-corrected chi connectivity index (χ1v) is 5.94. The first kappa shape index (κ1) is 10.4. The summed E-state index contributed by atoms with van der Waals surface area (Å²) >= 11 is 3.42. The summed E-state index contributed by atoms with van der Waals surface area (Å²) < 4.78 is 7.79. The number of nitrogens with zero attached hydrogens (tertiary/aromatic N) is 1. The standard InChI is InChI=1S/C12H9BrN2O2/c13-9-4-1-5-10-11(9)14-12(16)15(10)7-8-3-2-6-17-8/h1-6H,7H2,(H,14,16). The van der Waals surface area contributed by atoms with Crippen LogP contribution in [0.4, 0.5) is 0 Å². The number of rotatable bonds is 2. The van der Waals surface area contributed by atoms with Gasteiger partial charge in [0.1, 0.15) is 5.76 Å². The summed E-state index contributed by atoms with van der Waals surface area (Å²) in [6, 6.07) is 9.36. The molecular weight excluding hydrogens is 284 g/mol. The Bertz CT molecular complexity index is 710. The van der Waals surface area contributed by atoms with Crippen LogP contribution < -0.4 is 5.69 Å². The van der Waals surface area contributed by atoms with E-state index in [4.69, 9.17) is 4.42 Å². The van der Waals surface area contributed by atoms with Crippen LogP contribution in [0.2, 0.25) is 0 Å². The van der Waals surface area contributed by atoms with E-state index in [1.165, 1.54) is 0 Å². The van der Waals surface area contributed by atoms with Gasteiger partial charge in [-0.05, 0) is 40.2 Å². The fraction of sp³-hybridized carbons (Fsp3) is 0.0833. The molecule has 1 N–H and O–H groups in total. The molecule has 0 saturated carbocycles. The molecule has 0 radical (unpaired) electrons. The van der Waals surface area contributed by atoms with Gasteiger partial charge < -0.3 is 9.40 Å². The topological polar surface area (TPSA) is 50.9 Å². The molecular formula is C12H9BrN2O2. The predicted molar refractivity (Wildman–Crippen MR) is 68.1 cm³/mol. The molecule has 0 aliphatic heterocycles. The third kappa shape index (κ3) is 1.72. The Hall–Kier alpha value is -1.75. The van der Waals surface area contributed by atoms with Gasteiger partial charge in [0, 0.05) is 4.47 Å². The summed E-state index contributed by atoms with van der Waals surface area (Å²) in [7, 11) is 0. The van der Waals surface area contributed by atoms with Gasteiger partial charge in [-0.25, -0.2) is 4.79 Å². The lowest BCUT2D eigenvalue weighted by Gasteiger charge is -2.00. The second-order valence-corrected chi connectivity index (χ2v) is 4.58. The van der Waals surface area contributed by atoms with Gasteiger partial charge in [-0.3, -0.25) is 4.57 Å². The van der Waals surface area contributed by atoms with Gasteiger partial charge in [0.2, 0.25) is 0 Å². The number of aromatic nitrogens is 2. The van der Waals surface area contributed by atoms with Crippen molar-refractivity contribution in [1.82, 2.24) is 9.55 Å². The Kier molecular flexibility index (Phi) is 2.40. The summed E-state index contributed by atoms with van der Waals surface area (Å²) in [4.78, 5) is 14.7. The molecule has 0 atom stereocenters. The molecule has 0 amide bonds. The van der Waals surface area contributed by atoms with Crippen molar-refractivity contribution in [3.05, 3.63) is 57.3 Å². The number of benzene rings is 1. The lowest BCUT2D eigenvalue weighted by atomic mass is 10.3. The molecule has 5 heteroatoms. The van der Waals surface area contributed by atoms with Crippen molar-refractivity contribution in [2.24, 2.45) is 0 Å². The highest BCUT2D eigenvalue weighted by atomic mass is 79.9. The molecule has 0 aliphatic carbocycles. The van der Waals surface area contributed by atoms with Crippen LogP contribution in [0.15, 0.2) is 50.3 Å². The maximum atomic E-state index is 11.9. The fourth-order valence-electron chi connectivity index (χ4n) is 1.86.